The molecule has 0 fully saturated rings. The zero-order chi connectivity index (χ0) is 12.9. The molecule has 17 heavy (non-hydrogen) atoms. The Labute approximate surface area is 118 Å². The Morgan fingerprint density at radius 3 is 1.59 bits per heavy atom. The maximum absolute atomic E-state index is 6.26. The van der Waals surface area contributed by atoms with Crippen LogP contribution < -0.4 is 0 Å². The molecule has 0 aliphatic heterocycles. The van der Waals surface area contributed by atoms with Crippen LogP contribution in [-0.2, 0) is 0 Å². The van der Waals surface area contributed by atoms with E-state index in [0.29, 0.717) is 0 Å². The molecule has 0 aromatic heterocycles. The molecule has 0 saturated carbocycles. The van der Waals surface area contributed by atoms with Crippen molar-refractivity contribution in [2.45, 2.75) is 95.2 Å². The third-order valence-corrected chi connectivity index (χ3v) is 4.46. The van der Waals surface area contributed by atoms with Gasteiger partial charge >= 0.3 is 0 Å². The molecule has 0 bridgehead atoms. The second-order valence-electron chi connectivity index (χ2n) is 5.08. The predicted molar refractivity (Wildman–Crippen MR) is 81.4 cm³/mol. The van der Waals surface area contributed by atoms with E-state index in [4.69, 9.17) is 23.2 Å². The molecule has 2 unspecified atom stereocenters. The number of rotatable bonds is 12. The minimum Gasteiger partial charge on any atom is -0.121 e. The van der Waals surface area contributed by atoms with Crippen LogP contribution in [0.4, 0.5) is 0 Å². The molecule has 0 rings (SSSR count). The molecule has 0 nitrogen and oxygen atoms in total. The first-order chi connectivity index (χ1) is 8.22. The Morgan fingerprint density at radius 1 is 0.588 bits per heavy atom. The molecule has 0 amide bonds. The second-order valence-corrected chi connectivity index (χ2v) is 6.21. The molecular formula is C15H30Cl2. The van der Waals surface area contributed by atoms with E-state index >= 15 is 0 Å². The van der Waals surface area contributed by atoms with Crippen molar-refractivity contribution >= 4 is 23.2 Å². The summed E-state index contributed by atoms with van der Waals surface area (Å²) in [7, 11) is 0. The number of halogens is 2. The van der Waals surface area contributed by atoms with Crippen molar-refractivity contribution in [2.75, 3.05) is 0 Å². The zero-order valence-corrected chi connectivity index (χ0v) is 13.2. The minimum absolute atomic E-state index is 0.172. The summed E-state index contributed by atoms with van der Waals surface area (Å²) < 4.78 is 0. The summed E-state index contributed by atoms with van der Waals surface area (Å²) in [6.45, 7) is 4.43. The summed E-state index contributed by atoms with van der Waals surface area (Å²) >= 11 is 12.5. The molecule has 0 aromatic rings. The van der Waals surface area contributed by atoms with E-state index < -0.39 is 0 Å². The summed E-state index contributed by atoms with van der Waals surface area (Å²) in [4.78, 5) is 0. The molecule has 0 aliphatic carbocycles. The second kappa shape index (κ2) is 13.0. The van der Waals surface area contributed by atoms with Gasteiger partial charge in [0.15, 0.2) is 0 Å². The number of hydrogen-bond acceptors (Lipinski definition) is 0. The Hall–Kier alpha value is 0.580. The molecule has 0 radical (unpaired) electrons. The van der Waals surface area contributed by atoms with Crippen LogP contribution in [0.2, 0.25) is 0 Å². The van der Waals surface area contributed by atoms with Crippen molar-refractivity contribution < 1.29 is 0 Å². The number of alkyl halides is 2. The quantitative estimate of drug-likeness (QED) is 0.282. The molecule has 0 aliphatic rings. The lowest BCUT2D eigenvalue weighted by Crippen LogP contribution is -2.14. The predicted octanol–water partition coefficient (Wildman–Crippen LogP) is 6.53. The van der Waals surface area contributed by atoms with Gasteiger partial charge in [-0.15, -0.1) is 23.2 Å². The molecule has 2 heteroatoms. The topological polar surface area (TPSA) is 0 Å². The van der Waals surface area contributed by atoms with Crippen molar-refractivity contribution in [3.8, 4) is 0 Å². The molecule has 104 valence electrons. The van der Waals surface area contributed by atoms with Crippen LogP contribution in [0.15, 0.2) is 0 Å². The molecule has 0 aromatic carbocycles. The zero-order valence-electron chi connectivity index (χ0n) is 11.7. The molecule has 0 saturated heterocycles. The van der Waals surface area contributed by atoms with Gasteiger partial charge in [0.2, 0.25) is 0 Å². The molecular weight excluding hydrogens is 251 g/mol. The Balaban J connectivity index is 3.21. The van der Waals surface area contributed by atoms with E-state index in [1.54, 1.807) is 0 Å². The van der Waals surface area contributed by atoms with Gasteiger partial charge in [0.25, 0.3) is 0 Å². The first-order valence-corrected chi connectivity index (χ1v) is 8.37. The van der Waals surface area contributed by atoms with Crippen LogP contribution in [-0.4, -0.2) is 10.8 Å². The van der Waals surface area contributed by atoms with E-state index in [2.05, 4.69) is 13.8 Å². The third-order valence-electron chi connectivity index (χ3n) is 3.29. The van der Waals surface area contributed by atoms with Crippen LogP contribution in [0.25, 0.3) is 0 Å². The van der Waals surface area contributed by atoms with E-state index in [0.717, 1.165) is 19.3 Å². The molecule has 0 spiro atoms. The molecule has 2 atom stereocenters. The highest BCUT2D eigenvalue weighted by atomic mass is 35.5. The highest BCUT2D eigenvalue weighted by Crippen LogP contribution is 2.21. The van der Waals surface area contributed by atoms with Gasteiger partial charge in [0.05, 0.1) is 0 Å². The van der Waals surface area contributed by atoms with Crippen molar-refractivity contribution in [1.29, 1.82) is 0 Å². The maximum Gasteiger partial charge on any atom is 0.0499 e. The van der Waals surface area contributed by atoms with Gasteiger partial charge in [-0.1, -0.05) is 71.6 Å². The Morgan fingerprint density at radius 2 is 1.06 bits per heavy atom. The third kappa shape index (κ3) is 11.4. The smallest absolute Gasteiger partial charge is 0.0499 e. The standard InChI is InChI=1S/C15H30Cl2/c1-3-5-6-7-8-9-10-11-13-15(17)14(16)12-4-2/h14-15H,3-13H2,1-2H3. The lowest BCUT2D eigenvalue weighted by atomic mass is 10.0. The Kier molecular flexibility index (Phi) is 13.5. The summed E-state index contributed by atoms with van der Waals surface area (Å²) in [5.74, 6) is 0. The number of hydrogen-bond donors (Lipinski definition) is 0. The van der Waals surface area contributed by atoms with Crippen molar-refractivity contribution in [3.05, 3.63) is 0 Å². The van der Waals surface area contributed by atoms with Crippen LogP contribution in [0, 0.1) is 0 Å². The normalized spacial score (nSPS) is 14.8. The molecule has 0 heterocycles. The largest absolute Gasteiger partial charge is 0.121 e. The lowest BCUT2D eigenvalue weighted by molar-refractivity contribution is 0.548. The lowest BCUT2D eigenvalue weighted by Gasteiger charge is -2.14. The van der Waals surface area contributed by atoms with Gasteiger partial charge < -0.3 is 0 Å². The van der Waals surface area contributed by atoms with Crippen LogP contribution in [0.1, 0.15) is 84.5 Å². The Bertz CT molecular complexity index is 148. The average Bonchev–Trinajstić information content (AvgIpc) is 2.32. The van der Waals surface area contributed by atoms with Crippen molar-refractivity contribution in [3.63, 3.8) is 0 Å². The summed E-state index contributed by atoms with van der Waals surface area (Å²) in [6.07, 6.45) is 14.2. The fourth-order valence-corrected chi connectivity index (χ4v) is 2.74. The fraction of sp³-hybridized carbons (Fsp3) is 1.00. The maximum atomic E-state index is 6.26. The summed E-state index contributed by atoms with van der Waals surface area (Å²) in [5.41, 5.74) is 0. The fourth-order valence-electron chi connectivity index (χ4n) is 2.11. The number of unbranched alkanes of at least 4 members (excludes halogenated alkanes) is 7. The van der Waals surface area contributed by atoms with E-state index in [-0.39, 0.29) is 10.8 Å². The first kappa shape index (κ1) is 17.6. The van der Waals surface area contributed by atoms with Crippen molar-refractivity contribution in [2.24, 2.45) is 0 Å². The summed E-state index contributed by atoms with van der Waals surface area (Å²) in [6, 6.07) is 0. The molecule has 0 N–H and O–H groups in total. The summed E-state index contributed by atoms with van der Waals surface area (Å²) in [5, 5.41) is 0.350. The van der Waals surface area contributed by atoms with Crippen LogP contribution >= 0.6 is 23.2 Å². The highest BCUT2D eigenvalue weighted by Gasteiger charge is 2.14. The van der Waals surface area contributed by atoms with Gasteiger partial charge in [-0.2, -0.15) is 0 Å². The van der Waals surface area contributed by atoms with Gasteiger partial charge in [-0.25, -0.2) is 0 Å². The van der Waals surface area contributed by atoms with Gasteiger partial charge in [-0.05, 0) is 12.8 Å². The van der Waals surface area contributed by atoms with Gasteiger partial charge in [0, 0.05) is 10.8 Å². The highest BCUT2D eigenvalue weighted by molar-refractivity contribution is 6.29. The van der Waals surface area contributed by atoms with Crippen LogP contribution in [0.3, 0.4) is 0 Å². The van der Waals surface area contributed by atoms with Gasteiger partial charge in [-0.3, -0.25) is 0 Å². The van der Waals surface area contributed by atoms with Crippen molar-refractivity contribution in [1.82, 2.24) is 0 Å². The monoisotopic (exact) mass is 280 g/mol. The first-order valence-electron chi connectivity index (χ1n) is 7.50. The SMILES string of the molecule is CCCCCCCCCCC(Cl)C(Cl)CCC. The van der Waals surface area contributed by atoms with E-state index in [1.165, 1.54) is 51.4 Å². The van der Waals surface area contributed by atoms with E-state index in [9.17, 15) is 0 Å². The minimum atomic E-state index is 0.172. The van der Waals surface area contributed by atoms with E-state index in [1.807, 2.05) is 0 Å². The van der Waals surface area contributed by atoms with Crippen LogP contribution in [0.5, 0.6) is 0 Å². The van der Waals surface area contributed by atoms with Gasteiger partial charge in [0.1, 0.15) is 0 Å². The average molecular weight is 281 g/mol.